The molecule has 0 aliphatic heterocycles. The largest absolute Gasteiger partial charge is 0.481 e. The summed E-state index contributed by atoms with van der Waals surface area (Å²) >= 11 is 5.82. The quantitative estimate of drug-likeness (QED) is 0.768. The minimum atomic E-state index is -0.887. The van der Waals surface area contributed by atoms with Crippen LogP contribution in [0.2, 0.25) is 5.22 Å². The Labute approximate surface area is 128 Å². The summed E-state index contributed by atoms with van der Waals surface area (Å²) in [5.41, 5.74) is 1.37. The summed E-state index contributed by atoms with van der Waals surface area (Å²) < 4.78 is 4.81. The monoisotopic (exact) mass is 316 g/mol. The topological polar surface area (TPSA) is 92.4 Å². The molecule has 0 fully saturated rings. The van der Waals surface area contributed by atoms with E-state index in [1.54, 1.807) is 6.92 Å². The van der Waals surface area contributed by atoms with E-state index in [-0.39, 0.29) is 30.0 Å². The lowest BCUT2D eigenvalue weighted by Gasteiger charge is -2.15. The van der Waals surface area contributed by atoms with Gasteiger partial charge in [-0.15, -0.1) is 0 Å². The number of carbonyl (C=O) groups is 2. The second-order valence-electron chi connectivity index (χ2n) is 5.49. The van der Waals surface area contributed by atoms with Crippen LogP contribution in [0.25, 0.3) is 0 Å². The van der Waals surface area contributed by atoms with E-state index >= 15 is 0 Å². The number of rotatable bonds is 8. The number of amides is 1. The Morgan fingerprint density at radius 2 is 2.10 bits per heavy atom. The Kier molecular flexibility index (Phi) is 6.68. The average molecular weight is 317 g/mol. The summed E-state index contributed by atoms with van der Waals surface area (Å²) in [4.78, 5) is 22.9. The van der Waals surface area contributed by atoms with Gasteiger partial charge in [-0.2, -0.15) is 0 Å². The van der Waals surface area contributed by atoms with Crippen LogP contribution < -0.4 is 5.32 Å². The zero-order valence-electron chi connectivity index (χ0n) is 12.5. The summed E-state index contributed by atoms with van der Waals surface area (Å²) in [5.74, 6) is -1.39. The van der Waals surface area contributed by atoms with Crippen LogP contribution in [-0.4, -0.2) is 28.7 Å². The van der Waals surface area contributed by atoms with Gasteiger partial charge in [0.1, 0.15) is 0 Å². The van der Waals surface area contributed by atoms with Crippen molar-refractivity contribution in [2.75, 3.05) is 6.54 Å². The number of nitrogens with one attached hydrogen (secondary N) is 1. The van der Waals surface area contributed by atoms with Crippen molar-refractivity contribution in [2.45, 2.75) is 40.0 Å². The van der Waals surface area contributed by atoms with Crippen LogP contribution in [0.15, 0.2) is 4.52 Å². The molecule has 1 aromatic heterocycles. The van der Waals surface area contributed by atoms with Gasteiger partial charge < -0.3 is 14.9 Å². The fraction of sp³-hybridized carbons (Fsp3) is 0.643. The Balaban J connectivity index is 2.41. The average Bonchev–Trinajstić information content (AvgIpc) is 2.71. The first-order chi connectivity index (χ1) is 9.81. The Morgan fingerprint density at radius 1 is 1.43 bits per heavy atom. The maximum absolute atomic E-state index is 11.8. The summed E-state index contributed by atoms with van der Waals surface area (Å²) in [6.07, 6.45) is 1.17. The fourth-order valence-corrected chi connectivity index (χ4v) is 2.31. The smallest absolute Gasteiger partial charge is 0.308 e. The standard InChI is InChI=1S/C14H21ClN2O4/c1-8(2)6-10(14(19)20)7-16-12(18)5-4-11-9(3)17-21-13(11)15/h8,10H,4-7H2,1-3H3,(H,16,18)(H,19,20). The van der Waals surface area contributed by atoms with Crippen molar-refractivity contribution < 1.29 is 19.2 Å². The number of hydrogen-bond acceptors (Lipinski definition) is 4. The molecule has 21 heavy (non-hydrogen) atoms. The number of hydrogen-bond donors (Lipinski definition) is 2. The van der Waals surface area contributed by atoms with E-state index in [0.29, 0.717) is 24.1 Å². The Hall–Kier alpha value is -1.56. The van der Waals surface area contributed by atoms with Gasteiger partial charge in [-0.1, -0.05) is 19.0 Å². The number of carbonyl (C=O) groups excluding carboxylic acids is 1. The summed E-state index contributed by atoms with van der Waals surface area (Å²) in [7, 11) is 0. The molecule has 0 saturated carbocycles. The van der Waals surface area contributed by atoms with Crippen LogP contribution in [-0.2, 0) is 16.0 Å². The van der Waals surface area contributed by atoms with E-state index in [0.717, 1.165) is 0 Å². The number of aromatic nitrogens is 1. The van der Waals surface area contributed by atoms with Crippen LogP contribution in [0.3, 0.4) is 0 Å². The normalized spacial score (nSPS) is 12.4. The molecule has 1 aromatic rings. The SMILES string of the molecule is Cc1noc(Cl)c1CCC(=O)NCC(CC(C)C)C(=O)O. The molecule has 1 amide bonds. The summed E-state index contributed by atoms with van der Waals surface area (Å²) in [5, 5.41) is 15.7. The van der Waals surface area contributed by atoms with Crippen LogP contribution in [0.4, 0.5) is 0 Å². The molecule has 0 aliphatic rings. The lowest BCUT2D eigenvalue weighted by molar-refractivity contribution is -0.142. The third kappa shape index (κ3) is 5.75. The maximum atomic E-state index is 11.8. The molecule has 1 rings (SSSR count). The van der Waals surface area contributed by atoms with Gasteiger partial charge in [0.2, 0.25) is 11.1 Å². The first-order valence-electron chi connectivity index (χ1n) is 6.91. The van der Waals surface area contributed by atoms with Gasteiger partial charge >= 0.3 is 5.97 Å². The minimum absolute atomic E-state index is 0.142. The first-order valence-corrected chi connectivity index (χ1v) is 7.29. The van der Waals surface area contributed by atoms with Gasteiger partial charge in [0.05, 0.1) is 11.6 Å². The van der Waals surface area contributed by atoms with E-state index in [2.05, 4.69) is 10.5 Å². The van der Waals surface area contributed by atoms with Crippen molar-refractivity contribution in [1.82, 2.24) is 10.5 Å². The molecular formula is C14H21ClN2O4. The van der Waals surface area contributed by atoms with E-state index in [9.17, 15) is 9.59 Å². The van der Waals surface area contributed by atoms with Gasteiger partial charge in [-0.05, 0) is 37.3 Å². The minimum Gasteiger partial charge on any atom is -0.481 e. The second-order valence-corrected chi connectivity index (χ2v) is 5.83. The molecule has 1 atom stereocenters. The van der Waals surface area contributed by atoms with E-state index in [4.69, 9.17) is 21.2 Å². The number of carboxylic acid groups (broad SMARTS) is 1. The van der Waals surface area contributed by atoms with Crippen LogP contribution in [0.1, 0.15) is 37.9 Å². The van der Waals surface area contributed by atoms with Crippen LogP contribution in [0, 0.1) is 18.8 Å². The molecular weight excluding hydrogens is 296 g/mol. The van der Waals surface area contributed by atoms with E-state index in [1.165, 1.54) is 0 Å². The molecule has 0 spiro atoms. The molecule has 0 aromatic carbocycles. The van der Waals surface area contributed by atoms with E-state index in [1.807, 2.05) is 13.8 Å². The molecule has 2 N–H and O–H groups in total. The predicted octanol–water partition coefficient (Wildman–Crippen LogP) is 2.43. The second kappa shape index (κ2) is 8.02. The number of aliphatic carboxylic acids is 1. The molecule has 0 aliphatic carbocycles. The van der Waals surface area contributed by atoms with Crippen molar-refractivity contribution in [1.29, 1.82) is 0 Å². The highest BCUT2D eigenvalue weighted by Gasteiger charge is 2.20. The third-order valence-corrected chi connectivity index (χ3v) is 3.49. The molecule has 6 nitrogen and oxygen atoms in total. The van der Waals surface area contributed by atoms with Gasteiger partial charge in [-0.25, -0.2) is 0 Å². The zero-order chi connectivity index (χ0) is 16.0. The highest BCUT2D eigenvalue weighted by Crippen LogP contribution is 2.20. The number of aryl methyl sites for hydroxylation is 1. The lowest BCUT2D eigenvalue weighted by Crippen LogP contribution is -2.33. The lowest BCUT2D eigenvalue weighted by atomic mass is 9.97. The first kappa shape index (κ1) is 17.5. The van der Waals surface area contributed by atoms with Crippen molar-refractivity contribution >= 4 is 23.5 Å². The van der Waals surface area contributed by atoms with Gasteiger partial charge in [0.25, 0.3) is 0 Å². The molecule has 0 bridgehead atoms. The Bertz CT molecular complexity index is 480. The fourth-order valence-electron chi connectivity index (χ4n) is 2.04. The third-order valence-electron chi connectivity index (χ3n) is 3.19. The molecule has 1 heterocycles. The van der Waals surface area contributed by atoms with Crippen LogP contribution in [0.5, 0.6) is 0 Å². The maximum Gasteiger partial charge on any atom is 0.308 e. The Morgan fingerprint density at radius 3 is 2.57 bits per heavy atom. The van der Waals surface area contributed by atoms with Gasteiger partial charge in [0.15, 0.2) is 0 Å². The highest BCUT2D eigenvalue weighted by atomic mass is 35.5. The van der Waals surface area contributed by atoms with Gasteiger partial charge in [-0.3, -0.25) is 9.59 Å². The molecule has 0 radical (unpaired) electrons. The number of carboxylic acids is 1. The molecule has 118 valence electrons. The zero-order valence-corrected chi connectivity index (χ0v) is 13.2. The van der Waals surface area contributed by atoms with Crippen molar-refractivity contribution in [3.05, 3.63) is 16.5 Å². The van der Waals surface area contributed by atoms with E-state index < -0.39 is 11.9 Å². The van der Waals surface area contributed by atoms with Gasteiger partial charge in [0, 0.05) is 18.5 Å². The molecule has 1 unspecified atom stereocenters. The van der Waals surface area contributed by atoms with Crippen molar-refractivity contribution in [3.8, 4) is 0 Å². The summed E-state index contributed by atoms with van der Waals surface area (Å²) in [6, 6.07) is 0. The predicted molar refractivity (Wildman–Crippen MR) is 78.2 cm³/mol. The molecule has 7 heteroatoms. The van der Waals surface area contributed by atoms with Crippen molar-refractivity contribution in [2.24, 2.45) is 11.8 Å². The van der Waals surface area contributed by atoms with Crippen molar-refractivity contribution in [3.63, 3.8) is 0 Å². The number of nitrogens with zero attached hydrogens (tertiary/aromatic N) is 1. The number of halogens is 1. The summed E-state index contributed by atoms with van der Waals surface area (Å²) in [6.45, 7) is 5.80. The highest BCUT2D eigenvalue weighted by molar-refractivity contribution is 6.29. The molecule has 0 saturated heterocycles. The van der Waals surface area contributed by atoms with Crippen LogP contribution >= 0.6 is 11.6 Å².